The van der Waals surface area contributed by atoms with E-state index in [0.29, 0.717) is 24.0 Å². The molecule has 6 heteroatoms. The average molecular weight is 374 g/mol. The first-order valence-corrected chi connectivity index (χ1v) is 9.66. The normalized spacial score (nSPS) is 23.7. The number of fused-ring (bicyclic) bond motifs is 1. The van der Waals surface area contributed by atoms with Gasteiger partial charge < -0.3 is 19.5 Å². The molecule has 3 atom stereocenters. The largest absolute Gasteiger partial charge is 0.385 e. The molecule has 2 aromatic heterocycles. The molecule has 1 saturated heterocycles. The van der Waals surface area contributed by atoms with Crippen molar-refractivity contribution in [1.82, 2.24) is 20.0 Å². The van der Waals surface area contributed by atoms with Gasteiger partial charge in [0.05, 0.1) is 6.54 Å². The molecule has 5 rings (SSSR count). The number of aliphatic hydroxyl groups excluding tert-OH is 1. The molecule has 6 nitrogen and oxygen atoms in total. The molecule has 0 amide bonds. The quantitative estimate of drug-likeness (QED) is 0.686. The van der Waals surface area contributed by atoms with Crippen molar-refractivity contribution in [2.24, 2.45) is 17.8 Å². The van der Waals surface area contributed by atoms with Crippen LogP contribution in [0, 0.1) is 29.6 Å². The molecule has 0 spiro atoms. The van der Waals surface area contributed by atoms with Crippen molar-refractivity contribution >= 4 is 0 Å². The van der Waals surface area contributed by atoms with E-state index in [0.717, 1.165) is 41.7 Å². The number of benzene rings is 1. The molecular formula is C22H22N4O2. The lowest BCUT2D eigenvalue weighted by molar-refractivity contribution is 0.183. The van der Waals surface area contributed by atoms with Gasteiger partial charge in [-0.3, -0.25) is 0 Å². The van der Waals surface area contributed by atoms with E-state index in [2.05, 4.69) is 27.3 Å². The van der Waals surface area contributed by atoms with Gasteiger partial charge >= 0.3 is 0 Å². The maximum absolute atomic E-state index is 9.77. The Balaban J connectivity index is 1.27. The monoisotopic (exact) mass is 374 g/mol. The number of piperidine rings is 1. The van der Waals surface area contributed by atoms with Crippen LogP contribution in [0.4, 0.5) is 0 Å². The second kappa shape index (κ2) is 6.93. The summed E-state index contributed by atoms with van der Waals surface area (Å²) in [6.45, 7) is 4.42. The van der Waals surface area contributed by atoms with Crippen LogP contribution in [0.3, 0.4) is 0 Å². The highest BCUT2D eigenvalue weighted by molar-refractivity contribution is 5.60. The van der Waals surface area contributed by atoms with Crippen LogP contribution in [-0.4, -0.2) is 32.9 Å². The molecule has 3 aromatic rings. The van der Waals surface area contributed by atoms with Gasteiger partial charge in [-0.1, -0.05) is 29.1 Å². The maximum atomic E-state index is 9.77. The number of aliphatic hydroxyl groups is 1. The highest BCUT2D eigenvalue weighted by Gasteiger charge is 2.51. The Bertz CT molecular complexity index is 1030. The van der Waals surface area contributed by atoms with E-state index in [-0.39, 0.29) is 0 Å². The molecule has 1 aliphatic carbocycles. The number of nitrogens with zero attached hydrogens (tertiary/aromatic N) is 3. The molecule has 1 aliphatic heterocycles. The summed E-state index contributed by atoms with van der Waals surface area (Å²) in [6.07, 6.45) is 2.86. The predicted molar refractivity (Wildman–Crippen MR) is 104 cm³/mol. The molecule has 2 aliphatic rings. The van der Waals surface area contributed by atoms with Crippen molar-refractivity contribution in [1.29, 1.82) is 0 Å². The van der Waals surface area contributed by atoms with Gasteiger partial charge in [0.1, 0.15) is 17.6 Å². The number of hydrogen-bond acceptors (Lipinski definition) is 5. The first-order valence-electron chi connectivity index (χ1n) is 9.66. The Labute approximate surface area is 163 Å². The Morgan fingerprint density at radius 3 is 2.82 bits per heavy atom. The fourth-order valence-corrected chi connectivity index (χ4v) is 4.04. The van der Waals surface area contributed by atoms with Gasteiger partial charge in [0, 0.05) is 35.5 Å². The Kier molecular flexibility index (Phi) is 4.27. The van der Waals surface area contributed by atoms with Crippen molar-refractivity contribution < 1.29 is 9.63 Å². The molecule has 142 valence electrons. The van der Waals surface area contributed by atoms with Gasteiger partial charge in [-0.05, 0) is 44.0 Å². The molecule has 2 N–H and O–H groups in total. The van der Waals surface area contributed by atoms with E-state index >= 15 is 0 Å². The van der Waals surface area contributed by atoms with Crippen LogP contribution in [0.25, 0.3) is 11.3 Å². The lowest BCUT2D eigenvalue weighted by Gasteiger charge is -2.07. The van der Waals surface area contributed by atoms with Gasteiger partial charge in [0.15, 0.2) is 5.76 Å². The van der Waals surface area contributed by atoms with Crippen molar-refractivity contribution in [3.05, 3.63) is 59.9 Å². The minimum absolute atomic E-state index is 0.482. The highest BCUT2D eigenvalue weighted by atomic mass is 16.5. The summed E-state index contributed by atoms with van der Waals surface area (Å²) in [5.41, 5.74) is 2.82. The third-order valence-electron chi connectivity index (χ3n) is 5.66. The van der Waals surface area contributed by atoms with Crippen LogP contribution in [-0.2, 0) is 6.54 Å². The van der Waals surface area contributed by atoms with Crippen LogP contribution in [0.2, 0.25) is 0 Å². The van der Waals surface area contributed by atoms with E-state index in [1.54, 1.807) is 13.1 Å². The van der Waals surface area contributed by atoms with E-state index in [1.165, 1.54) is 0 Å². The second-order valence-corrected chi connectivity index (χ2v) is 7.63. The number of imidazole rings is 1. The van der Waals surface area contributed by atoms with Crippen molar-refractivity contribution in [3.63, 3.8) is 0 Å². The molecule has 0 bridgehead atoms. The van der Waals surface area contributed by atoms with Gasteiger partial charge in [-0.15, -0.1) is 0 Å². The second-order valence-electron chi connectivity index (χ2n) is 7.63. The number of rotatable bonds is 4. The number of hydrogen-bond donors (Lipinski definition) is 2. The van der Waals surface area contributed by atoms with Gasteiger partial charge in [-0.25, -0.2) is 4.98 Å². The molecule has 28 heavy (non-hydrogen) atoms. The molecule has 1 saturated carbocycles. The number of nitrogens with one attached hydrogen (secondary N) is 1. The summed E-state index contributed by atoms with van der Waals surface area (Å²) in [6, 6.07) is 10.0. The highest BCUT2D eigenvalue weighted by Crippen LogP contribution is 2.48. The van der Waals surface area contributed by atoms with Crippen LogP contribution in [0.15, 0.2) is 47.2 Å². The van der Waals surface area contributed by atoms with Gasteiger partial charge in [-0.2, -0.15) is 0 Å². The molecule has 0 radical (unpaired) electrons. The Morgan fingerprint density at radius 2 is 2.07 bits per heavy atom. The number of aromatic nitrogens is 3. The van der Waals surface area contributed by atoms with Gasteiger partial charge in [0.2, 0.25) is 0 Å². The zero-order valence-corrected chi connectivity index (χ0v) is 15.7. The van der Waals surface area contributed by atoms with E-state index < -0.39 is 6.10 Å². The summed E-state index contributed by atoms with van der Waals surface area (Å²) < 4.78 is 7.33. The van der Waals surface area contributed by atoms with Crippen LogP contribution >= 0.6 is 0 Å². The molecular weight excluding hydrogens is 352 g/mol. The maximum Gasteiger partial charge on any atom is 0.157 e. The van der Waals surface area contributed by atoms with Crippen molar-refractivity contribution in [2.45, 2.75) is 19.6 Å². The molecule has 2 fully saturated rings. The van der Waals surface area contributed by atoms with Crippen LogP contribution in [0.5, 0.6) is 0 Å². The fraction of sp³-hybridized carbons (Fsp3) is 0.364. The summed E-state index contributed by atoms with van der Waals surface area (Å²) in [5.74, 6) is 10.2. The fourth-order valence-electron chi connectivity index (χ4n) is 4.04. The predicted octanol–water partition coefficient (Wildman–Crippen LogP) is 2.46. The summed E-state index contributed by atoms with van der Waals surface area (Å²) >= 11 is 0. The lowest BCUT2D eigenvalue weighted by Crippen LogP contribution is -2.13. The van der Waals surface area contributed by atoms with Crippen LogP contribution in [0.1, 0.15) is 30.2 Å². The standard InChI is InChI=1S/C22H22N4O2/c1-14(27)22-24-8-9-26(22)13-17-10-21(25-28-17)16-5-2-15(3-6-16)4-7-18-19-11-23-12-20(18)19/h2-3,5-6,8-10,14,18-20,23,27H,11-13H2,1H3/t14-,18?,19?,20?/m0/s1. The first kappa shape index (κ1) is 17.2. The van der Waals surface area contributed by atoms with E-state index in [1.807, 2.05) is 41.1 Å². The molecule has 1 aromatic carbocycles. The minimum Gasteiger partial charge on any atom is -0.385 e. The third-order valence-corrected chi connectivity index (χ3v) is 5.66. The lowest BCUT2D eigenvalue weighted by atomic mass is 10.1. The van der Waals surface area contributed by atoms with Crippen LogP contribution < -0.4 is 5.32 Å². The topological polar surface area (TPSA) is 76.1 Å². The van der Waals surface area contributed by atoms with E-state index in [4.69, 9.17) is 4.52 Å². The average Bonchev–Trinajstić information content (AvgIpc) is 3.21. The Hall–Kier alpha value is -2.88. The Morgan fingerprint density at radius 1 is 1.29 bits per heavy atom. The van der Waals surface area contributed by atoms with Crippen molar-refractivity contribution in [2.75, 3.05) is 13.1 Å². The zero-order chi connectivity index (χ0) is 19.1. The first-order chi connectivity index (χ1) is 13.7. The van der Waals surface area contributed by atoms with E-state index in [9.17, 15) is 5.11 Å². The zero-order valence-electron chi connectivity index (χ0n) is 15.7. The minimum atomic E-state index is -0.627. The summed E-state index contributed by atoms with van der Waals surface area (Å²) in [4.78, 5) is 4.17. The van der Waals surface area contributed by atoms with Crippen molar-refractivity contribution in [3.8, 4) is 23.1 Å². The summed E-state index contributed by atoms with van der Waals surface area (Å²) in [7, 11) is 0. The SMILES string of the molecule is C[C@H](O)c1nccn1Cc1cc(-c2ccc(C#CC3C4CNCC34)cc2)no1. The third kappa shape index (κ3) is 3.24. The summed E-state index contributed by atoms with van der Waals surface area (Å²) in [5, 5.41) is 17.3. The molecule has 3 heterocycles. The smallest absolute Gasteiger partial charge is 0.157 e. The molecule has 2 unspecified atom stereocenters. The van der Waals surface area contributed by atoms with Gasteiger partial charge in [0.25, 0.3) is 0 Å².